The number of aryl methyl sites for hydroxylation is 1. The molecule has 3 N–H and O–H groups in total. The first-order valence-corrected chi connectivity index (χ1v) is 14.4. The standard InChI is InChI=1S/C35H42FN7/c1-9-12-13-30(25-16-27(36)20-28(17-25)37-14-15-42(5)6)31-21-33(39-23(31)4)34-32-19-26(22-38-35(32)41-40-34)24(10-2)18-29(11-3)43(7)8/h9-13,16-22,37,39H,3,14-15H2,1-2,4-8H3,(H,38,40,41)/b12-9-,24-10+,29-18+,30-13-. The first-order chi connectivity index (χ1) is 20.6. The zero-order chi connectivity index (χ0) is 31.1. The number of hydrogen-bond acceptors (Lipinski definition) is 5. The van der Waals surface area contributed by atoms with Crippen LogP contribution in [-0.4, -0.2) is 71.2 Å². The van der Waals surface area contributed by atoms with Gasteiger partial charge in [0, 0.05) is 67.0 Å². The van der Waals surface area contributed by atoms with Crippen LogP contribution in [0.2, 0.25) is 0 Å². The SMILES string of the molecule is C=C/C(=C\C(=C/C)c1cnc2n[nH]c(-c3cc(/C(=C\C=C/C)c4cc(F)cc(NCCN(C)C)c4)c(C)[nH]3)c2c1)N(C)C. The van der Waals surface area contributed by atoms with Crippen LogP contribution in [0.1, 0.15) is 36.2 Å². The molecule has 3 heterocycles. The van der Waals surface area contributed by atoms with E-state index in [-0.39, 0.29) is 5.82 Å². The molecule has 0 aliphatic carbocycles. The van der Waals surface area contributed by atoms with Gasteiger partial charge < -0.3 is 20.1 Å². The van der Waals surface area contributed by atoms with Gasteiger partial charge in [-0.05, 0) is 94.1 Å². The van der Waals surface area contributed by atoms with E-state index in [9.17, 15) is 4.39 Å². The topological polar surface area (TPSA) is 75.9 Å². The van der Waals surface area contributed by atoms with Gasteiger partial charge in [0.1, 0.15) is 5.82 Å². The Labute approximate surface area is 254 Å². The lowest BCUT2D eigenvalue weighted by Crippen LogP contribution is -2.20. The Morgan fingerprint density at radius 3 is 2.53 bits per heavy atom. The predicted octanol–water partition coefficient (Wildman–Crippen LogP) is 7.42. The van der Waals surface area contributed by atoms with Crippen LogP contribution in [0.25, 0.3) is 33.6 Å². The third-order valence-corrected chi connectivity index (χ3v) is 7.21. The Hall–Kier alpha value is -4.69. The molecule has 1 aromatic carbocycles. The van der Waals surface area contributed by atoms with E-state index >= 15 is 0 Å². The first kappa shape index (κ1) is 31.3. The Kier molecular flexibility index (Phi) is 10.2. The number of allylic oxidation sites excluding steroid dienone is 7. The first-order valence-electron chi connectivity index (χ1n) is 14.4. The third kappa shape index (κ3) is 7.40. The van der Waals surface area contributed by atoms with E-state index in [0.29, 0.717) is 5.65 Å². The molecule has 0 atom stereocenters. The summed E-state index contributed by atoms with van der Waals surface area (Å²) in [6.45, 7) is 11.5. The summed E-state index contributed by atoms with van der Waals surface area (Å²) in [6, 6.07) is 9.31. The quantitative estimate of drug-likeness (QED) is 0.152. The van der Waals surface area contributed by atoms with Gasteiger partial charge in [0.05, 0.1) is 11.4 Å². The van der Waals surface area contributed by atoms with E-state index in [1.165, 1.54) is 6.07 Å². The molecular weight excluding hydrogens is 537 g/mol. The van der Waals surface area contributed by atoms with Gasteiger partial charge in [0.15, 0.2) is 5.65 Å². The van der Waals surface area contributed by atoms with Crippen LogP contribution in [-0.2, 0) is 0 Å². The summed E-state index contributed by atoms with van der Waals surface area (Å²) in [5.74, 6) is -0.287. The lowest BCUT2D eigenvalue weighted by atomic mass is 9.96. The molecule has 0 aliphatic heterocycles. The van der Waals surface area contributed by atoms with Gasteiger partial charge >= 0.3 is 0 Å². The third-order valence-electron chi connectivity index (χ3n) is 7.21. The monoisotopic (exact) mass is 579 g/mol. The van der Waals surface area contributed by atoms with Crippen molar-refractivity contribution in [1.29, 1.82) is 0 Å². The van der Waals surface area contributed by atoms with Crippen molar-refractivity contribution in [3.63, 3.8) is 0 Å². The van der Waals surface area contributed by atoms with Gasteiger partial charge in [-0.25, -0.2) is 9.37 Å². The summed E-state index contributed by atoms with van der Waals surface area (Å²) in [5, 5.41) is 11.9. The summed E-state index contributed by atoms with van der Waals surface area (Å²) < 4.78 is 14.9. The van der Waals surface area contributed by atoms with Crippen molar-refractivity contribution in [2.24, 2.45) is 0 Å². The number of aromatic nitrogens is 4. The lowest BCUT2D eigenvalue weighted by molar-refractivity contribution is 0.425. The van der Waals surface area contributed by atoms with Crippen LogP contribution in [0.5, 0.6) is 0 Å². The van der Waals surface area contributed by atoms with Crippen molar-refractivity contribution in [3.05, 3.63) is 113 Å². The average molecular weight is 580 g/mol. The number of hydrogen-bond donors (Lipinski definition) is 3. The number of nitrogens with one attached hydrogen (secondary N) is 3. The van der Waals surface area contributed by atoms with Crippen LogP contribution < -0.4 is 5.32 Å². The fraction of sp³-hybridized carbons (Fsp3) is 0.257. The second kappa shape index (κ2) is 14.0. The van der Waals surface area contributed by atoms with Gasteiger partial charge in [-0.3, -0.25) is 5.10 Å². The molecule has 43 heavy (non-hydrogen) atoms. The summed E-state index contributed by atoms with van der Waals surface area (Å²) in [6.07, 6.45) is 13.8. The average Bonchev–Trinajstić information content (AvgIpc) is 3.56. The highest BCUT2D eigenvalue weighted by Gasteiger charge is 2.18. The maximum absolute atomic E-state index is 14.9. The van der Waals surface area contributed by atoms with Crippen molar-refractivity contribution in [2.75, 3.05) is 46.6 Å². The smallest absolute Gasteiger partial charge is 0.181 e. The fourth-order valence-electron chi connectivity index (χ4n) is 4.90. The molecule has 3 aromatic heterocycles. The minimum atomic E-state index is -0.287. The highest BCUT2D eigenvalue weighted by atomic mass is 19.1. The zero-order valence-electron chi connectivity index (χ0n) is 26.2. The maximum atomic E-state index is 14.9. The maximum Gasteiger partial charge on any atom is 0.181 e. The van der Waals surface area contributed by atoms with E-state index in [4.69, 9.17) is 0 Å². The Morgan fingerprint density at radius 2 is 1.86 bits per heavy atom. The molecule has 0 spiro atoms. The number of rotatable bonds is 12. The van der Waals surface area contributed by atoms with Crippen molar-refractivity contribution < 1.29 is 4.39 Å². The Morgan fingerprint density at radius 1 is 1.07 bits per heavy atom. The summed E-state index contributed by atoms with van der Waals surface area (Å²) >= 11 is 0. The molecule has 224 valence electrons. The van der Waals surface area contributed by atoms with E-state index in [1.54, 1.807) is 6.07 Å². The highest BCUT2D eigenvalue weighted by Crippen LogP contribution is 2.34. The normalized spacial score (nSPS) is 13.0. The number of pyridine rings is 1. The van der Waals surface area contributed by atoms with Gasteiger partial charge in [0.25, 0.3) is 0 Å². The summed E-state index contributed by atoms with van der Waals surface area (Å²) in [7, 11) is 8.02. The van der Waals surface area contributed by atoms with Crippen LogP contribution >= 0.6 is 0 Å². The van der Waals surface area contributed by atoms with E-state index in [2.05, 4.69) is 61.2 Å². The van der Waals surface area contributed by atoms with Crippen molar-refractivity contribution in [3.8, 4) is 11.4 Å². The van der Waals surface area contributed by atoms with Crippen LogP contribution in [0.4, 0.5) is 10.1 Å². The van der Waals surface area contributed by atoms with Gasteiger partial charge in [0.2, 0.25) is 0 Å². The number of benzene rings is 1. The second-order valence-electron chi connectivity index (χ2n) is 10.9. The van der Waals surface area contributed by atoms with Crippen LogP contribution in [0.3, 0.4) is 0 Å². The molecule has 0 saturated carbocycles. The molecule has 8 heteroatoms. The number of nitrogens with zero attached hydrogens (tertiary/aromatic N) is 4. The Bertz CT molecular complexity index is 1710. The second-order valence-corrected chi connectivity index (χ2v) is 10.9. The van der Waals surface area contributed by atoms with Gasteiger partial charge in [-0.2, -0.15) is 5.10 Å². The molecule has 0 bridgehead atoms. The number of anilines is 1. The predicted molar refractivity (Wildman–Crippen MR) is 179 cm³/mol. The van der Waals surface area contributed by atoms with Crippen LogP contribution in [0.15, 0.2) is 85.3 Å². The number of aromatic amines is 2. The summed E-state index contributed by atoms with van der Waals surface area (Å²) in [4.78, 5) is 12.3. The van der Waals surface area contributed by atoms with Crippen molar-refractivity contribution in [2.45, 2.75) is 20.8 Å². The number of likely N-dealkylation sites (N-methyl/N-ethyl adjacent to an activating group) is 2. The number of H-pyrrole nitrogens is 2. The molecule has 7 nitrogen and oxygen atoms in total. The van der Waals surface area contributed by atoms with Crippen molar-refractivity contribution >= 4 is 27.9 Å². The molecule has 0 fully saturated rings. The van der Waals surface area contributed by atoms with Gasteiger partial charge in [-0.15, -0.1) is 0 Å². The number of fused-ring (bicyclic) bond motifs is 1. The van der Waals surface area contributed by atoms with E-state index in [0.717, 1.165) is 74.8 Å². The zero-order valence-corrected chi connectivity index (χ0v) is 26.2. The van der Waals surface area contributed by atoms with Gasteiger partial charge in [-0.1, -0.05) is 30.9 Å². The van der Waals surface area contributed by atoms with Crippen molar-refractivity contribution in [1.82, 2.24) is 30.0 Å². The molecule has 4 rings (SSSR count). The van der Waals surface area contributed by atoms with Crippen LogP contribution in [0, 0.1) is 12.7 Å². The molecule has 0 unspecified atom stereocenters. The lowest BCUT2D eigenvalue weighted by Gasteiger charge is -2.14. The van der Waals surface area contributed by atoms with E-state index in [1.807, 2.05) is 90.4 Å². The largest absolute Gasteiger partial charge is 0.384 e. The summed E-state index contributed by atoms with van der Waals surface area (Å²) in [5.41, 5.74) is 9.74. The fourth-order valence-corrected chi connectivity index (χ4v) is 4.90. The molecule has 4 aromatic rings. The molecule has 0 radical (unpaired) electrons. The van der Waals surface area contributed by atoms with E-state index < -0.39 is 0 Å². The highest BCUT2D eigenvalue weighted by molar-refractivity contribution is 5.94. The molecule has 0 aliphatic rings. The molecular formula is C35H42FN7. The molecule has 0 amide bonds. The Balaban J connectivity index is 1.76. The minimum absolute atomic E-state index is 0.287. The molecule has 0 saturated heterocycles. The minimum Gasteiger partial charge on any atom is -0.384 e. The number of halogens is 1.